The van der Waals surface area contributed by atoms with Crippen molar-refractivity contribution in [1.82, 2.24) is 9.97 Å². The molecule has 10 nitrogen and oxygen atoms in total. The van der Waals surface area contributed by atoms with E-state index in [4.69, 9.17) is 18.9 Å². The van der Waals surface area contributed by atoms with Crippen LogP contribution in [0.2, 0.25) is 0 Å². The summed E-state index contributed by atoms with van der Waals surface area (Å²) in [5.41, 5.74) is 2.73. The summed E-state index contributed by atoms with van der Waals surface area (Å²) in [5.74, 6) is -1.18. The summed E-state index contributed by atoms with van der Waals surface area (Å²) in [4.78, 5) is 46.4. The largest absolute Gasteiger partial charge is 0.463 e. The van der Waals surface area contributed by atoms with Gasteiger partial charge in [-0.1, -0.05) is 60.7 Å². The molecule has 1 aliphatic rings. The minimum absolute atomic E-state index is 0.178. The third-order valence-corrected chi connectivity index (χ3v) is 6.07. The number of hydrogen-bond acceptors (Lipinski definition) is 10. The van der Waals surface area contributed by atoms with E-state index in [1.54, 1.807) is 12.4 Å². The highest BCUT2D eigenvalue weighted by atomic mass is 16.6. The summed E-state index contributed by atoms with van der Waals surface area (Å²) in [7, 11) is 0. The Morgan fingerprint density at radius 2 is 1.28 bits per heavy atom. The van der Waals surface area contributed by atoms with Crippen LogP contribution >= 0.6 is 0 Å². The molecule has 204 valence electrons. The van der Waals surface area contributed by atoms with E-state index in [0.29, 0.717) is 24.6 Å². The first-order valence-corrected chi connectivity index (χ1v) is 12.6. The molecule has 4 atom stereocenters. The first-order chi connectivity index (χ1) is 18.8. The molecule has 2 aromatic carbocycles. The summed E-state index contributed by atoms with van der Waals surface area (Å²) in [5, 5.41) is 0. The summed E-state index contributed by atoms with van der Waals surface area (Å²) in [6, 6.07) is 20.0. The molecule has 0 saturated carbocycles. The minimum atomic E-state index is -0.983. The van der Waals surface area contributed by atoms with Crippen molar-refractivity contribution < 1.29 is 33.3 Å². The lowest BCUT2D eigenvalue weighted by Gasteiger charge is -2.25. The molecule has 0 unspecified atom stereocenters. The Balaban J connectivity index is 1.61. The maximum atomic E-state index is 11.9. The van der Waals surface area contributed by atoms with Gasteiger partial charge in [0.05, 0.1) is 0 Å². The van der Waals surface area contributed by atoms with E-state index in [0.717, 1.165) is 11.1 Å². The van der Waals surface area contributed by atoms with Crippen molar-refractivity contribution in [3.63, 3.8) is 0 Å². The second-order valence-electron chi connectivity index (χ2n) is 9.19. The van der Waals surface area contributed by atoms with Crippen molar-refractivity contribution in [2.75, 3.05) is 11.5 Å². The summed E-state index contributed by atoms with van der Waals surface area (Å²) >= 11 is 0. The molecule has 2 heterocycles. The lowest BCUT2D eigenvalue weighted by molar-refractivity contribution is -0.165. The number of ether oxygens (including phenoxy) is 4. The molecule has 0 N–H and O–H groups in total. The normalized spacial score (nSPS) is 20.2. The smallest absolute Gasteiger partial charge is 0.303 e. The topological polar surface area (TPSA) is 117 Å². The van der Waals surface area contributed by atoms with Crippen LogP contribution in [0.3, 0.4) is 0 Å². The molecule has 0 spiro atoms. The number of hydrogen-bond donors (Lipinski definition) is 0. The Morgan fingerprint density at radius 1 is 0.769 bits per heavy atom. The molecule has 1 fully saturated rings. The standard InChI is InChI=1S/C29H31N3O7/c1-19(33)36-18-25-27(37-20(2)34)28(38-21(3)35)26(39-25)24-14-30-29(31-15-24)32(16-22-10-6-4-7-11-22)17-23-12-8-5-9-13-23/h4-15,25-28H,16-18H2,1-3H3/t25-,26+,27-,28+/m1/s1. The predicted molar refractivity (Wildman–Crippen MR) is 140 cm³/mol. The molecule has 3 aromatic rings. The van der Waals surface area contributed by atoms with Crippen LogP contribution in [0.1, 0.15) is 43.6 Å². The third kappa shape index (κ3) is 7.61. The molecular formula is C29H31N3O7. The van der Waals surface area contributed by atoms with Gasteiger partial charge >= 0.3 is 17.9 Å². The molecule has 4 rings (SSSR count). The molecule has 0 aliphatic carbocycles. The Labute approximate surface area is 226 Å². The van der Waals surface area contributed by atoms with Crippen molar-refractivity contribution >= 4 is 23.9 Å². The Kier molecular flexibility index (Phi) is 9.22. The molecule has 0 amide bonds. The van der Waals surface area contributed by atoms with Gasteiger partial charge in [0, 0.05) is 51.8 Å². The minimum Gasteiger partial charge on any atom is -0.463 e. The van der Waals surface area contributed by atoms with Gasteiger partial charge in [-0.2, -0.15) is 0 Å². The van der Waals surface area contributed by atoms with Gasteiger partial charge in [-0.25, -0.2) is 9.97 Å². The van der Waals surface area contributed by atoms with Crippen LogP contribution in [0.25, 0.3) is 0 Å². The maximum Gasteiger partial charge on any atom is 0.303 e. The molecular weight excluding hydrogens is 502 g/mol. The van der Waals surface area contributed by atoms with Gasteiger partial charge < -0.3 is 23.8 Å². The maximum absolute atomic E-state index is 11.9. The summed E-state index contributed by atoms with van der Waals surface area (Å²) < 4.78 is 22.1. The number of carbonyl (C=O) groups excluding carboxylic acids is 3. The van der Waals surface area contributed by atoms with E-state index < -0.39 is 42.3 Å². The van der Waals surface area contributed by atoms with Crippen LogP contribution in [0.5, 0.6) is 0 Å². The number of aromatic nitrogens is 2. The van der Waals surface area contributed by atoms with Crippen molar-refractivity contribution in [2.24, 2.45) is 0 Å². The zero-order valence-corrected chi connectivity index (χ0v) is 22.1. The average molecular weight is 534 g/mol. The molecule has 1 saturated heterocycles. The van der Waals surface area contributed by atoms with Crippen molar-refractivity contribution in [3.8, 4) is 0 Å². The third-order valence-electron chi connectivity index (χ3n) is 6.07. The number of anilines is 1. The van der Waals surface area contributed by atoms with Crippen molar-refractivity contribution in [3.05, 3.63) is 89.7 Å². The molecule has 39 heavy (non-hydrogen) atoms. The first-order valence-electron chi connectivity index (χ1n) is 12.6. The van der Waals surface area contributed by atoms with Crippen molar-refractivity contribution in [1.29, 1.82) is 0 Å². The van der Waals surface area contributed by atoms with Gasteiger partial charge in [0.2, 0.25) is 5.95 Å². The molecule has 1 aromatic heterocycles. The Morgan fingerprint density at radius 3 is 1.77 bits per heavy atom. The fourth-order valence-electron chi connectivity index (χ4n) is 4.43. The monoisotopic (exact) mass is 533 g/mol. The van der Waals surface area contributed by atoms with E-state index in [9.17, 15) is 14.4 Å². The summed E-state index contributed by atoms with van der Waals surface area (Å²) in [6.07, 6.45) is -0.449. The van der Waals surface area contributed by atoms with Crippen LogP contribution in [0.4, 0.5) is 5.95 Å². The van der Waals surface area contributed by atoms with E-state index in [1.807, 2.05) is 60.7 Å². The van der Waals surface area contributed by atoms with Crippen LogP contribution in [-0.4, -0.2) is 52.8 Å². The quantitative estimate of drug-likeness (QED) is 0.283. The SMILES string of the molecule is CC(=O)OC[C@H]1O[C@@H](c2cnc(N(Cc3ccccc3)Cc3ccccc3)nc2)[C@H](OC(C)=O)[C@@H]1OC(C)=O. The van der Waals surface area contributed by atoms with Gasteiger partial charge in [0.25, 0.3) is 0 Å². The number of carbonyl (C=O) groups is 3. The highest BCUT2D eigenvalue weighted by Crippen LogP contribution is 2.37. The zero-order chi connectivity index (χ0) is 27.8. The highest BCUT2D eigenvalue weighted by Gasteiger charge is 2.50. The van der Waals surface area contributed by atoms with Crippen molar-refractivity contribution in [2.45, 2.75) is 58.3 Å². The van der Waals surface area contributed by atoms with E-state index in [1.165, 1.54) is 20.8 Å². The van der Waals surface area contributed by atoms with Gasteiger partial charge in [0.15, 0.2) is 12.2 Å². The van der Waals surface area contributed by atoms with Gasteiger partial charge in [-0.3, -0.25) is 14.4 Å². The summed E-state index contributed by atoms with van der Waals surface area (Å²) in [6.45, 7) is 4.76. The number of benzene rings is 2. The fraction of sp³-hybridized carbons (Fsp3) is 0.345. The molecule has 0 bridgehead atoms. The van der Waals surface area contributed by atoms with E-state index >= 15 is 0 Å². The van der Waals surface area contributed by atoms with Crippen LogP contribution in [0.15, 0.2) is 73.1 Å². The highest BCUT2D eigenvalue weighted by molar-refractivity contribution is 5.68. The molecule has 10 heteroatoms. The average Bonchev–Trinajstić information content (AvgIpc) is 3.24. The van der Waals surface area contributed by atoms with Gasteiger partial charge in [0.1, 0.15) is 18.8 Å². The van der Waals surface area contributed by atoms with E-state index in [2.05, 4.69) is 14.9 Å². The number of rotatable bonds is 10. The van der Waals surface area contributed by atoms with Crippen LogP contribution in [0, 0.1) is 0 Å². The molecule has 0 radical (unpaired) electrons. The van der Waals surface area contributed by atoms with Crippen LogP contribution in [-0.2, 0) is 46.4 Å². The Hall–Kier alpha value is -4.31. The second kappa shape index (κ2) is 13.0. The van der Waals surface area contributed by atoms with Crippen LogP contribution < -0.4 is 4.90 Å². The molecule has 1 aliphatic heterocycles. The fourth-order valence-corrected chi connectivity index (χ4v) is 4.43. The number of esters is 3. The van der Waals surface area contributed by atoms with E-state index in [-0.39, 0.29) is 6.61 Å². The first kappa shape index (κ1) is 27.7. The number of nitrogens with zero attached hydrogens (tertiary/aromatic N) is 3. The predicted octanol–water partition coefficient (Wildman–Crippen LogP) is 3.55. The Bertz CT molecular complexity index is 1210. The van der Waals surface area contributed by atoms with Gasteiger partial charge in [-0.05, 0) is 11.1 Å². The zero-order valence-electron chi connectivity index (χ0n) is 22.1. The van der Waals surface area contributed by atoms with Gasteiger partial charge in [-0.15, -0.1) is 0 Å². The second-order valence-corrected chi connectivity index (χ2v) is 9.19. The lowest BCUT2D eigenvalue weighted by atomic mass is 10.0. The lowest BCUT2D eigenvalue weighted by Crippen LogP contribution is -2.40.